The molecule has 90 valence electrons. The van der Waals surface area contributed by atoms with E-state index in [0.717, 1.165) is 12.8 Å². The molecule has 3 nitrogen and oxygen atoms in total. The van der Waals surface area contributed by atoms with Crippen molar-refractivity contribution in [2.45, 2.75) is 31.9 Å². The molecule has 2 rings (SSSR count). The Balaban J connectivity index is 2.24. The summed E-state index contributed by atoms with van der Waals surface area (Å²) in [5.41, 5.74) is 1.05. The number of amides is 2. The van der Waals surface area contributed by atoms with Gasteiger partial charge in [0.2, 0.25) is 0 Å². The lowest BCUT2D eigenvalue weighted by atomic mass is 10.1. The van der Waals surface area contributed by atoms with E-state index in [1.165, 1.54) is 16.3 Å². The number of imide groups is 1. The molecule has 0 unspecified atom stereocenters. The molecule has 17 heavy (non-hydrogen) atoms. The molecule has 1 aromatic carbocycles. The van der Waals surface area contributed by atoms with Gasteiger partial charge in [-0.1, -0.05) is 26.0 Å². The summed E-state index contributed by atoms with van der Waals surface area (Å²) in [5, 5.41) is 0.317. The van der Waals surface area contributed by atoms with Crippen molar-refractivity contribution < 1.29 is 9.59 Å². The molecule has 0 N–H and O–H groups in total. The minimum absolute atomic E-state index is 0.178. The van der Waals surface area contributed by atoms with E-state index in [2.05, 4.69) is 13.8 Å². The molecule has 1 heterocycles. The summed E-state index contributed by atoms with van der Waals surface area (Å²) in [5.74, 6) is -0.356. The summed E-state index contributed by atoms with van der Waals surface area (Å²) < 4.78 is 1.31. The number of nitrogens with zero attached hydrogens (tertiary/aromatic N) is 1. The van der Waals surface area contributed by atoms with Gasteiger partial charge < -0.3 is 0 Å². The molecular formula is C13H15NO2S. The standard InChI is InChI=1S/C13H15NO2S/c1-3-9(4-2)17-14-12(15)10-7-5-6-8-11(10)13(14)16/h5-9H,3-4H2,1-2H3. The number of benzene rings is 1. The zero-order chi connectivity index (χ0) is 12.4. The largest absolute Gasteiger partial charge is 0.271 e. The minimum atomic E-state index is -0.178. The molecule has 0 aliphatic carbocycles. The molecule has 0 fully saturated rings. The van der Waals surface area contributed by atoms with Gasteiger partial charge in [-0.3, -0.25) is 9.59 Å². The zero-order valence-corrected chi connectivity index (χ0v) is 10.8. The second-order valence-corrected chi connectivity index (χ2v) is 5.24. The van der Waals surface area contributed by atoms with Crippen molar-refractivity contribution in [1.82, 2.24) is 4.31 Å². The summed E-state index contributed by atoms with van der Waals surface area (Å²) in [6.45, 7) is 4.14. The van der Waals surface area contributed by atoms with E-state index in [1.54, 1.807) is 24.3 Å². The van der Waals surface area contributed by atoms with Gasteiger partial charge in [0.15, 0.2) is 0 Å². The van der Waals surface area contributed by atoms with E-state index in [1.807, 2.05) is 0 Å². The molecule has 0 bridgehead atoms. The van der Waals surface area contributed by atoms with Crippen LogP contribution in [0.4, 0.5) is 0 Å². The van der Waals surface area contributed by atoms with Gasteiger partial charge in [0.25, 0.3) is 11.8 Å². The maximum Gasteiger partial charge on any atom is 0.271 e. The second kappa shape index (κ2) is 4.92. The number of fused-ring (bicyclic) bond motifs is 1. The zero-order valence-electron chi connectivity index (χ0n) is 9.97. The maximum atomic E-state index is 12.1. The van der Waals surface area contributed by atoms with Crippen molar-refractivity contribution in [2.75, 3.05) is 0 Å². The second-order valence-electron chi connectivity index (χ2n) is 3.99. The van der Waals surface area contributed by atoms with Gasteiger partial charge in [-0.05, 0) is 36.9 Å². The molecule has 4 heteroatoms. The van der Waals surface area contributed by atoms with E-state index in [0.29, 0.717) is 16.4 Å². The van der Waals surface area contributed by atoms with Crippen molar-refractivity contribution in [2.24, 2.45) is 0 Å². The number of hydrogen-bond donors (Lipinski definition) is 0. The fraction of sp³-hybridized carbons (Fsp3) is 0.385. The Morgan fingerprint density at radius 1 is 1.06 bits per heavy atom. The normalized spacial score (nSPS) is 14.6. The first-order valence-corrected chi connectivity index (χ1v) is 6.67. The number of carbonyl (C=O) groups excluding carboxylic acids is 2. The predicted molar refractivity (Wildman–Crippen MR) is 68.9 cm³/mol. The van der Waals surface area contributed by atoms with Gasteiger partial charge in [0.1, 0.15) is 0 Å². The van der Waals surface area contributed by atoms with Crippen LogP contribution in [0, 0.1) is 0 Å². The molecule has 0 aromatic heterocycles. The minimum Gasteiger partial charge on any atom is -0.268 e. The topological polar surface area (TPSA) is 37.4 Å². The van der Waals surface area contributed by atoms with Crippen LogP contribution in [0.2, 0.25) is 0 Å². The van der Waals surface area contributed by atoms with Gasteiger partial charge in [0, 0.05) is 5.25 Å². The Bertz CT molecular complexity index is 419. The van der Waals surface area contributed by atoms with Crippen LogP contribution in [0.5, 0.6) is 0 Å². The highest BCUT2D eigenvalue weighted by Crippen LogP contribution is 2.32. The summed E-state index contributed by atoms with van der Waals surface area (Å²) >= 11 is 1.36. The van der Waals surface area contributed by atoms with E-state index < -0.39 is 0 Å². The third-order valence-corrected chi connectivity index (χ3v) is 4.43. The van der Waals surface area contributed by atoms with Crippen LogP contribution < -0.4 is 0 Å². The Labute approximate surface area is 105 Å². The Morgan fingerprint density at radius 3 is 1.94 bits per heavy atom. The molecular weight excluding hydrogens is 234 g/mol. The smallest absolute Gasteiger partial charge is 0.268 e. The maximum absolute atomic E-state index is 12.1. The highest BCUT2D eigenvalue weighted by molar-refractivity contribution is 7.98. The van der Waals surface area contributed by atoms with Crippen LogP contribution in [0.3, 0.4) is 0 Å². The SMILES string of the molecule is CCC(CC)SN1C(=O)c2ccccc2C1=O. The molecule has 0 atom stereocenters. The highest BCUT2D eigenvalue weighted by Gasteiger charge is 2.36. The van der Waals surface area contributed by atoms with Crippen LogP contribution in [-0.4, -0.2) is 21.4 Å². The Morgan fingerprint density at radius 2 is 1.53 bits per heavy atom. The van der Waals surface area contributed by atoms with Crippen molar-refractivity contribution in [3.05, 3.63) is 35.4 Å². The monoisotopic (exact) mass is 249 g/mol. The van der Waals surface area contributed by atoms with Gasteiger partial charge in [-0.2, -0.15) is 0 Å². The van der Waals surface area contributed by atoms with Gasteiger partial charge >= 0.3 is 0 Å². The van der Waals surface area contributed by atoms with Crippen molar-refractivity contribution in [3.8, 4) is 0 Å². The summed E-state index contributed by atoms with van der Waals surface area (Å²) in [4.78, 5) is 24.1. The average molecular weight is 249 g/mol. The molecule has 1 aliphatic heterocycles. The lowest BCUT2D eigenvalue weighted by Gasteiger charge is -2.18. The Hall–Kier alpha value is -1.29. The van der Waals surface area contributed by atoms with Gasteiger partial charge in [-0.15, -0.1) is 0 Å². The lowest BCUT2D eigenvalue weighted by molar-refractivity contribution is 0.0776. The molecule has 0 saturated heterocycles. The first-order chi connectivity index (χ1) is 8.19. The quantitative estimate of drug-likeness (QED) is 0.607. The third-order valence-electron chi connectivity index (χ3n) is 2.92. The fourth-order valence-electron chi connectivity index (χ4n) is 1.85. The van der Waals surface area contributed by atoms with Crippen LogP contribution in [-0.2, 0) is 0 Å². The Kier molecular flexibility index (Phi) is 3.52. The number of hydrogen-bond acceptors (Lipinski definition) is 3. The first-order valence-electron chi connectivity index (χ1n) is 5.83. The molecule has 0 saturated carbocycles. The lowest BCUT2D eigenvalue weighted by Crippen LogP contribution is -2.25. The summed E-state index contributed by atoms with van der Waals surface area (Å²) in [7, 11) is 0. The molecule has 0 radical (unpaired) electrons. The number of carbonyl (C=O) groups is 2. The summed E-state index contributed by atoms with van der Waals surface area (Å²) in [6, 6.07) is 7.00. The van der Waals surface area contributed by atoms with Crippen LogP contribution in [0.25, 0.3) is 0 Å². The van der Waals surface area contributed by atoms with Gasteiger partial charge in [-0.25, -0.2) is 4.31 Å². The van der Waals surface area contributed by atoms with E-state index in [-0.39, 0.29) is 11.8 Å². The van der Waals surface area contributed by atoms with Crippen LogP contribution in [0.1, 0.15) is 47.4 Å². The molecule has 1 aliphatic rings. The van der Waals surface area contributed by atoms with Crippen molar-refractivity contribution >= 4 is 23.8 Å². The van der Waals surface area contributed by atoms with Crippen LogP contribution >= 0.6 is 11.9 Å². The van der Waals surface area contributed by atoms with E-state index in [9.17, 15) is 9.59 Å². The van der Waals surface area contributed by atoms with E-state index >= 15 is 0 Å². The van der Waals surface area contributed by atoms with Crippen molar-refractivity contribution in [1.29, 1.82) is 0 Å². The first kappa shape index (κ1) is 12.2. The van der Waals surface area contributed by atoms with Crippen LogP contribution in [0.15, 0.2) is 24.3 Å². The summed E-state index contributed by atoms with van der Waals surface area (Å²) in [6.07, 6.45) is 1.91. The van der Waals surface area contributed by atoms with Crippen molar-refractivity contribution in [3.63, 3.8) is 0 Å². The predicted octanol–water partition coefficient (Wildman–Crippen LogP) is 3.12. The van der Waals surface area contributed by atoms with Gasteiger partial charge in [0.05, 0.1) is 11.1 Å². The fourth-order valence-corrected chi connectivity index (χ4v) is 2.83. The average Bonchev–Trinajstić information content (AvgIpc) is 2.61. The highest BCUT2D eigenvalue weighted by atomic mass is 32.2. The molecule has 2 amide bonds. The third kappa shape index (κ3) is 2.09. The van der Waals surface area contributed by atoms with E-state index in [4.69, 9.17) is 0 Å². The molecule has 1 aromatic rings. The number of rotatable bonds is 4. The molecule has 0 spiro atoms.